The van der Waals surface area contributed by atoms with Gasteiger partial charge in [0.05, 0.1) is 23.3 Å². The van der Waals surface area contributed by atoms with Crippen LogP contribution in [0.3, 0.4) is 0 Å². The molecule has 1 heterocycles. The number of furan rings is 1. The molecule has 0 aliphatic rings. The monoisotopic (exact) mass is 301 g/mol. The second-order valence-corrected chi connectivity index (χ2v) is 4.64. The highest BCUT2D eigenvalue weighted by molar-refractivity contribution is 5.37. The molecule has 0 saturated carbocycles. The Morgan fingerprint density at radius 1 is 1.05 bits per heavy atom. The molecule has 0 saturated heterocycles. The smallest absolute Gasteiger partial charge is 0.200 e. The van der Waals surface area contributed by atoms with Crippen LogP contribution in [0, 0.1) is 40.4 Å². The summed E-state index contributed by atoms with van der Waals surface area (Å²) in [6.07, 6.45) is 0.931. The van der Waals surface area contributed by atoms with Crippen molar-refractivity contribution in [3.63, 3.8) is 0 Å². The zero-order chi connectivity index (χ0) is 15.8. The normalized spacial score (nSPS) is 13.8. The molecule has 21 heavy (non-hydrogen) atoms. The van der Waals surface area contributed by atoms with Crippen LogP contribution in [0.15, 0.2) is 22.8 Å². The lowest BCUT2D eigenvalue weighted by Crippen LogP contribution is -2.28. The Morgan fingerprint density at radius 2 is 1.57 bits per heavy atom. The van der Waals surface area contributed by atoms with Crippen molar-refractivity contribution in [3.8, 4) is 6.07 Å². The standard InChI is InChI=1S/C14H8F5NO/c1-14(6-20,5-7-3-2-4-21-7)8-9(15)11(17)13(19)12(18)10(8)16/h2-4H,5H2,1H3. The van der Waals surface area contributed by atoms with E-state index in [1.54, 1.807) is 6.07 Å². The minimum atomic E-state index is -2.26. The molecular formula is C14H8F5NO. The van der Waals surface area contributed by atoms with Crippen LogP contribution >= 0.6 is 0 Å². The fraction of sp³-hybridized carbons (Fsp3) is 0.214. The second-order valence-electron chi connectivity index (χ2n) is 4.64. The van der Waals surface area contributed by atoms with Crippen LogP contribution in [-0.2, 0) is 11.8 Å². The molecule has 2 rings (SSSR count). The van der Waals surface area contributed by atoms with E-state index in [2.05, 4.69) is 0 Å². The molecule has 1 atom stereocenters. The number of halogens is 5. The first-order chi connectivity index (χ1) is 9.81. The van der Waals surface area contributed by atoms with Gasteiger partial charge in [0, 0.05) is 6.42 Å². The van der Waals surface area contributed by atoms with Gasteiger partial charge >= 0.3 is 0 Å². The molecule has 110 valence electrons. The van der Waals surface area contributed by atoms with E-state index < -0.39 is 40.1 Å². The summed E-state index contributed by atoms with van der Waals surface area (Å²) < 4.78 is 72.1. The average Bonchev–Trinajstić information content (AvgIpc) is 2.95. The number of rotatable bonds is 3. The number of nitrogens with zero attached hydrogens (tertiary/aromatic N) is 1. The Hall–Kier alpha value is -2.36. The van der Waals surface area contributed by atoms with E-state index >= 15 is 0 Å². The topological polar surface area (TPSA) is 36.9 Å². The molecule has 1 aromatic heterocycles. The van der Waals surface area contributed by atoms with Gasteiger partial charge in [0.2, 0.25) is 5.82 Å². The lowest BCUT2D eigenvalue weighted by atomic mass is 9.79. The number of benzene rings is 1. The molecule has 0 aliphatic carbocycles. The van der Waals surface area contributed by atoms with E-state index in [-0.39, 0.29) is 12.2 Å². The molecule has 0 fully saturated rings. The molecule has 0 amide bonds. The Bertz CT molecular complexity index is 691. The third-order valence-electron chi connectivity index (χ3n) is 3.12. The van der Waals surface area contributed by atoms with Crippen molar-refractivity contribution in [2.24, 2.45) is 0 Å². The van der Waals surface area contributed by atoms with Gasteiger partial charge in [0.1, 0.15) is 5.76 Å². The summed E-state index contributed by atoms with van der Waals surface area (Å²) in [6.45, 7) is 1.08. The minimum Gasteiger partial charge on any atom is -0.469 e. The summed E-state index contributed by atoms with van der Waals surface area (Å²) in [7, 11) is 0. The maximum atomic E-state index is 13.8. The van der Waals surface area contributed by atoms with E-state index in [4.69, 9.17) is 4.42 Å². The third-order valence-corrected chi connectivity index (χ3v) is 3.12. The molecule has 7 heteroatoms. The van der Waals surface area contributed by atoms with E-state index in [0.717, 1.165) is 6.92 Å². The lowest BCUT2D eigenvalue weighted by Gasteiger charge is -2.22. The summed E-state index contributed by atoms with van der Waals surface area (Å²) in [6, 6.07) is 4.50. The zero-order valence-electron chi connectivity index (χ0n) is 10.7. The van der Waals surface area contributed by atoms with Gasteiger partial charge in [-0.1, -0.05) is 0 Å². The van der Waals surface area contributed by atoms with E-state index in [9.17, 15) is 27.2 Å². The summed E-state index contributed by atoms with van der Waals surface area (Å²) in [5.74, 6) is -10.3. The van der Waals surface area contributed by atoms with Crippen molar-refractivity contribution >= 4 is 0 Å². The molecule has 0 radical (unpaired) electrons. The van der Waals surface area contributed by atoms with E-state index in [0.29, 0.717) is 0 Å². The van der Waals surface area contributed by atoms with Crippen molar-refractivity contribution in [2.45, 2.75) is 18.8 Å². The van der Waals surface area contributed by atoms with E-state index in [1.807, 2.05) is 0 Å². The summed E-state index contributed by atoms with van der Waals surface area (Å²) >= 11 is 0. The Morgan fingerprint density at radius 3 is 2.00 bits per heavy atom. The molecule has 0 N–H and O–H groups in total. The minimum absolute atomic E-state index is 0.183. The van der Waals surface area contributed by atoms with Crippen LogP contribution in [0.4, 0.5) is 22.0 Å². The Balaban J connectivity index is 2.66. The van der Waals surface area contributed by atoms with Gasteiger partial charge in [0.15, 0.2) is 23.3 Å². The van der Waals surface area contributed by atoms with Gasteiger partial charge in [-0.3, -0.25) is 0 Å². The van der Waals surface area contributed by atoms with Gasteiger partial charge in [-0.15, -0.1) is 0 Å². The molecule has 0 bridgehead atoms. The third kappa shape index (κ3) is 2.37. The number of hydrogen-bond acceptors (Lipinski definition) is 2. The molecule has 1 unspecified atom stereocenters. The highest BCUT2D eigenvalue weighted by Crippen LogP contribution is 2.35. The van der Waals surface area contributed by atoms with Crippen LogP contribution in [0.2, 0.25) is 0 Å². The fourth-order valence-electron chi connectivity index (χ4n) is 2.03. The predicted octanol–water partition coefficient (Wildman–Crippen LogP) is 4.00. The quantitative estimate of drug-likeness (QED) is 0.488. The van der Waals surface area contributed by atoms with Crippen molar-refractivity contribution in [2.75, 3.05) is 0 Å². The van der Waals surface area contributed by atoms with Crippen molar-refractivity contribution in [3.05, 3.63) is 58.8 Å². The fourth-order valence-corrected chi connectivity index (χ4v) is 2.03. The van der Waals surface area contributed by atoms with Gasteiger partial charge < -0.3 is 4.42 Å². The van der Waals surface area contributed by atoms with Crippen LogP contribution in [0.25, 0.3) is 0 Å². The average molecular weight is 301 g/mol. The highest BCUT2D eigenvalue weighted by Gasteiger charge is 2.39. The van der Waals surface area contributed by atoms with Gasteiger partial charge in [-0.2, -0.15) is 5.26 Å². The van der Waals surface area contributed by atoms with Crippen molar-refractivity contribution in [1.29, 1.82) is 5.26 Å². The van der Waals surface area contributed by atoms with Gasteiger partial charge in [-0.25, -0.2) is 22.0 Å². The number of hydrogen-bond donors (Lipinski definition) is 0. The van der Waals surface area contributed by atoms with Crippen molar-refractivity contribution < 1.29 is 26.4 Å². The van der Waals surface area contributed by atoms with Crippen molar-refractivity contribution in [1.82, 2.24) is 0 Å². The summed E-state index contributed by atoms with van der Waals surface area (Å²) in [5.41, 5.74) is -3.14. The SMILES string of the molecule is CC(C#N)(Cc1ccco1)c1c(F)c(F)c(F)c(F)c1F. The molecule has 1 aromatic carbocycles. The van der Waals surface area contributed by atoms with Gasteiger partial charge in [-0.05, 0) is 19.1 Å². The summed E-state index contributed by atoms with van der Waals surface area (Å²) in [4.78, 5) is 0. The zero-order valence-corrected chi connectivity index (χ0v) is 10.7. The maximum Gasteiger partial charge on any atom is 0.200 e. The van der Waals surface area contributed by atoms with E-state index in [1.165, 1.54) is 18.4 Å². The molecule has 0 aliphatic heterocycles. The van der Waals surface area contributed by atoms with Crippen LogP contribution in [-0.4, -0.2) is 0 Å². The first-order valence-electron chi connectivity index (χ1n) is 5.77. The van der Waals surface area contributed by atoms with Crippen LogP contribution < -0.4 is 0 Å². The largest absolute Gasteiger partial charge is 0.469 e. The molecule has 0 spiro atoms. The summed E-state index contributed by atoms with van der Waals surface area (Å²) in [5, 5.41) is 9.17. The Kier molecular flexibility index (Phi) is 3.73. The molecular weight excluding hydrogens is 293 g/mol. The number of nitriles is 1. The maximum absolute atomic E-state index is 13.8. The highest BCUT2D eigenvalue weighted by atomic mass is 19.2. The first kappa shape index (κ1) is 15.0. The van der Waals surface area contributed by atoms with Crippen LogP contribution in [0.1, 0.15) is 18.2 Å². The Labute approximate surface area is 116 Å². The first-order valence-corrected chi connectivity index (χ1v) is 5.77. The van der Waals surface area contributed by atoms with Crippen LogP contribution in [0.5, 0.6) is 0 Å². The predicted molar refractivity (Wildman–Crippen MR) is 61.6 cm³/mol. The lowest BCUT2D eigenvalue weighted by molar-refractivity contribution is 0.351. The second kappa shape index (κ2) is 5.20. The molecule has 2 nitrogen and oxygen atoms in total. The molecule has 2 aromatic rings. The van der Waals surface area contributed by atoms with Gasteiger partial charge in [0.25, 0.3) is 0 Å².